The molecule has 20 heavy (non-hydrogen) atoms. The lowest BCUT2D eigenvalue weighted by atomic mass is 9.99. The van der Waals surface area contributed by atoms with Crippen LogP contribution in [0.5, 0.6) is 0 Å². The van der Waals surface area contributed by atoms with E-state index in [0.717, 1.165) is 0 Å². The maximum Gasteiger partial charge on any atom is 0.326 e. The van der Waals surface area contributed by atoms with Crippen molar-refractivity contribution >= 4 is 27.8 Å². The Kier molecular flexibility index (Phi) is 6.13. The van der Waals surface area contributed by atoms with E-state index >= 15 is 0 Å². The van der Waals surface area contributed by atoms with Crippen LogP contribution >= 0.6 is 15.9 Å². The molecule has 6 heteroatoms. The number of nitrogens with one attached hydrogen (secondary N) is 1. The van der Waals surface area contributed by atoms with E-state index < -0.39 is 23.7 Å². The highest BCUT2D eigenvalue weighted by molar-refractivity contribution is 9.10. The second-order valence-electron chi connectivity index (χ2n) is 4.68. The third-order valence-electron chi connectivity index (χ3n) is 3.15. The van der Waals surface area contributed by atoms with Gasteiger partial charge >= 0.3 is 5.97 Å². The van der Waals surface area contributed by atoms with Gasteiger partial charge in [0.25, 0.3) is 0 Å². The SMILES string of the molecule is CC[C@H](C)[C@H](NC(=O)Cc1cc(F)ccc1Br)C(=O)O. The van der Waals surface area contributed by atoms with Crippen molar-refractivity contribution in [1.82, 2.24) is 5.32 Å². The van der Waals surface area contributed by atoms with Gasteiger partial charge in [-0.2, -0.15) is 0 Å². The molecule has 0 radical (unpaired) electrons. The molecule has 4 nitrogen and oxygen atoms in total. The summed E-state index contributed by atoms with van der Waals surface area (Å²) in [7, 11) is 0. The van der Waals surface area contributed by atoms with Crippen LogP contribution in [-0.4, -0.2) is 23.0 Å². The number of carboxylic acid groups (broad SMARTS) is 1. The van der Waals surface area contributed by atoms with E-state index in [4.69, 9.17) is 5.11 Å². The summed E-state index contributed by atoms with van der Waals surface area (Å²) in [5, 5.41) is 11.6. The second-order valence-corrected chi connectivity index (χ2v) is 5.54. The van der Waals surface area contributed by atoms with Gasteiger partial charge in [0.2, 0.25) is 5.91 Å². The number of rotatable bonds is 6. The summed E-state index contributed by atoms with van der Waals surface area (Å²) in [5.74, 6) is -2.12. The zero-order valence-corrected chi connectivity index (χ0v) is 12.9. The van der Waals surface area contributed by atoms with Crippen LogP contribution in [0.25, 0.3) is 0 Å². The van der Waals surface area contributed by atoms with Gasteiger partial charge in [-0.1, -0.05) is 36.2 Å². The third kappa shape index (κ3) is 4.59. The Morgan fingerprint density at radius 2 is 2.10 bits per heavy atom. The molecule has 0 saturated carbocycles. The largest absolute Gasteiger partial charge is 0.480 e. The van der Waals surface area contributed by atoms with Crippen molar-refractivity contribution in [2.45, 2.75) is 32.7 Å². The quantitative estimate of drug-likeness (QED) is 0.832. The van der Waals surface area contributed by atoms with Crippen molar-refractivity contribution in [3.8, 4) is 0 Å². The number of hydrogen-bond acceptors (Lipinski definition) is 2. The fraction of sp³-hybridized carbons (Fsp3) is 0.429. The number of carbonyl (C=O) groups is 2. The minimum absolute atomic E-state index is 0.0709. The number of carboxylic acids is 1. The molecule has 1 aromatic carbocycles. The molecule has 0 heterocycles. The first-order valence-corrected chi connectivity index (χ1v) is 7.10. The van der Waals surface area contributed by atoms with Crippen LogP contribution in [0.2, 0.25) is 0 Å². The molecular formula is C14H17BrFNO3. The van der Waals surface area contributed by atoms with E-state index in [9.17, 15) is 14.0 Å². The Morgan fingerprint density at radius 1 is 1.45 bits per heavy atom. The minimum atomic E-state index is -1.06. The maximum absolute atomic E-state index is 13.1. The van der Waals surface area contributed by atoms with Gasteiger partial charge in [0.05, 0.1) is 6.42 Å². The van der Waals surface area contributed by atoms with E-state index in [0.29, 0.717) is 16.5 Å². The lowest BCUT2D eigenvalue weighted by molar-refractivity contribution is -0.143. The monoisotopic (exact) mass is 345 g/mol. The lowest BCUT2D eigenvalue weighted by Crippen LogP contribution is -2.45. The molecule has 1 aromatic rings. The van der Waals surface area contributed by atoms with Crippen LogP contribution in [-0.2, 0) is 16.0 Å². The van der Waals surface area contributed by atoms with Gasteiger partial charge < -0.3 is 10.4 Å². The molecule has 110 valence electrons. The zero-order chi connectivity index (χ0) is 15.3. The number of hydrogen-bond donors (Lipinski definition) is 2. The van der Waals surface area contributed by atoms with E-state index in [-0.39, 0.29) is 12.3 Å². The Labute approximate surface area is 125 Å². The number of carbonyl (C=O) groups excluding carboxylic acids is 1. The number of halogens is 2. The Morgan fingerprint density at radius 3 is 2.65 bits per heavy atom. The lowest BCUT2D eigenvalue weighted by Gasteiger charge is -2.20. The predicted molar refractivity (Wildman–Crippen MR) is 76.8 cm³/mol. The Hall–Kier alpha value is -1.43. The summed E-state index contributed by atoms with van der Waals surface area (Å²) < 4.78 is 13.7. The maximum atomic E-state index is 13.1. The smallest absolute Gasteiger partial charge is 0.326 e. The van der Waals surface area contributed by atoms with Crippen LogP contribution in [0.3, 0.4) is 0 Å². The van der Waals surface area contributed by atoms with Crippen LogP contribution in [0.1, 0.15) is 25.8 Å². The molecule has 0 aliphatic rings. The fourth-order valence-corrected chi connectivity index (χ4v) is 2.15. The zero-order valence-electron chi connectivity index (χ0n) is 11.3. The highest BCUT2D eigenvalue weighted by atomic mass is 79.9. The standard InChI is InChI=1S/C14H17BrFNO3/c1-3-8(2)13(14(19)20)17-12(18)7-9-6-10(16)4-5-11(9)15/h4-6,8,13H,3,7H2,1-2H3,(H,17,18)(H,19,20)/t8-,13-/m0/s1. The van der Waals surface area contributed by atoms with Crippen molar-refractivity contribution in [2.24, 2.45) is 5.92 Å². The van der Waals surface area contributed by atoms with Crippen LogP contribution < -0.4 is 5.32 Å². The normalized spacial score (nSPS) is 13.6. The first-order valence-electron chi connectivity index (χ1n) is 6.31. The summed E-state index contributed by atoms with van der Waals surface area (Å²) in [4.78, 5) is 23.0. The molecule has 2 N–H and O–H groups in total. The topological polar surface area (TPSA) is 66.4 Å². The van der Waals surface area contributed by atoms with Crippen LogP contribution in [0.15, 0.2) is 22.7 Å². The molecule has 1 rings (SSSR count). The van der Waals surface area contributed by atoms with Gasteiger partial charge in [-0.05, 0) is 29.7 Å². The van der Waals surface area contributed by atoms with Crippen molar-refractivity contribution < 1.29 is 19.1 Å². The molecule has 2 atom stereocenters. The van der Waals surface area contributed by atoms with Crippen molar-refractivity contribution in [2.75, 3.05) is 0 Å². The molecule has 0 unspecified atom stereocenters. The highest BCUT2D eigenvalue weighted by Crippen LogP contribution is 2.18. The summed E-state index contributed by atoms with van der Waals surface area (Å²) >= 11 is 3.23. The van der Waals surface area contributed by atoms with Crippen LogP contribution in [0, 0.1) is 11.7 Å². The number of aliphatic carboxylic acids is 1. The molecule has 0 saturated heterocycles. The first-order chi connectivity index (χ1) is 9.35. The summed E-state index contributed by atoms with van der Waals surface area (Å²) in [6.45, 7) is 3.62. The predicted octanol–water partition coefficient (Wildman–Crippen LogP) is 2.75. The minimum Gasteiger partial charge on any atom is -0.480 e. The van der Waals surface area contributed by atoms with E-state index in [1.54, 1.807) is 6.92 Å². The summed E-state index contributed by atoms with van der Waals surface area (Å²) in [5.41, 5.74) is 0.482. The second kappa shape index (κ2) is 7.38. The van der Waals surface area contributed by atoms with Gasteiger partial charge in [-0.15, -0.1) is 0 Å². The molecule has 0 spiro atoms. The molecule has 0 fully saturated rings. The molecular weight excluding hydrogens is 329 g/mol. The van der Waals surface area contributed by atoms with Crippen molar-refractivity contribution in [3.05, 3.63) is 34.1 Å². The third-order valence-corrected chi connectivity index (χ3v) is 3.93. The summed E-state index contributed by atoms with van der Waals surface area (Å²) in [6.07, 6.45) is 0.569. The van der Waals surface area contributed by atoms with E-state index in [2.05, 4.69) is 21.2 Å². The molecule has 0 aliphatic carbocycles. The number of amides is 1. The van der Waals surface area contributed by atoms with E-state index in [1.807, 2.05) is 6.92 Å². The fourth-order valence-electron chi connectivity index (χ4n) is 1.76. The molecule has 0 aliphatic heterocycles. The van der Waals surface area contributed by atoms with E-state index in [1.165, 1.54) is 18.2 Å². The molecule has 0 bridgehead atoms. The van der Waals surface area contributed by atoms with Crippen molar-refractivity contribution in [3.63, 3.8) is 0 Å². The van der Waals surface area contributed by atoms with Crippen molar-refractivity contribution in [1.29, 1.82) is 0 Å². The van der Waals surface area contributed by atoms with Gasteiger partial charge in [0, 0.05) is 4.47 Å². The molecule has 0 aromatic heterocycles. The Balaban J connectivity index is 2.75. The number of benzene rings is 1. The molecule has 1 amide bonds. The highest BCUT2D eigenvalue weighted by Gasteiger charge is 2.25. The van der Waals surface area contributed by atoms with Gasteiger partial charge in [0.1, 0.15) is 11.9 Å². The van der Waals surface area contributed by atoms with Gasteiger partial charge in [-0.3, -0.25) is 4.79 Å². The van der Waals surface area contributed by atoms with Crippen LogP contribution in [0.4, 0.5) is 4.39 Å². The summed E-state index contributed by atoms with van der Waals surface area (Å²) in [6, 6.07) is 3.12. The van der Waals surface area contributed by atoms with Gasteiger partial charge in [-0.25, -0.2) is 9.18 Å². The average Bonchev–Trinajstić information content (AvgIpc) is 2.39. The average molecular weight is 346 g/mol. The van der Waals surface area contributed by atoms with Gasteiger partial charge in [0.15, 0.2) is 0 Å². The first kappa shape index (κ1) is 16.6. The Bertz CT molecular complexity index is 507.